The van der Waals surface area contributed by atoms with Crippen LogP contribution in [0.2, 0.25) is 10.0 Å². The van der Waals surface area contributed by atoms with E-state index in [9.17, 15) is 8.42 Å². The summed E-state index contributed by atoms with van der Waals surface area (Å²) in [5, 5.41) is 3.89. The Labute approximate surface area is 136 Å². The predicted octanol–water partition coefficient (Wildman–Crippen LogP) is 3.27. The molecular weight excluding hydrogens is 331 g/mol. The van der Waals surface area contributed by atoms with Crippen LogP contribution in [0.1, 0.15) is 32.3 Å². The standard InChI is InChI=1S/C14H20Cl2N2O2S/c1-9(2)17-8-11-12(15)6-7-13(14(11)16)21(19,20)18(3)10-4-5-10/h6-7,9-10,17H,4-5,8H2,1-3H3. The molecule has 1 aliphatic rings. The lowest BCUT2D eigenvalue weighted by molar-refractivity contribution is 0.464. The summed E-state index contributed by atoms with van der Waals surface area (Å²) in [5.74, 6) is 0. The number of rotatable bonds is 6. The van der Waals surface area contributed by atoms with Crippen LogP contribution in [0.5, 0.6) is 0 Å². The van der Waals surface area contributed by atoms with E-state index in [1.807, 2.05) is 13.8 Å². The van der Waals surface area contributed by atoms with Gasteiger partial charge in [0, 0.05) is 36.3 Å². The Morgan fingerprint density at radius 2 is 1.95 bits per heavy atom. The molecule has 0 aromatic heterocycles. The molecule has 0 unspecified atom stereocenters. The monoisotopic (exact) mass is 350 g/mol. The summed E-state index contributed by atoms with van der Waals surface area (Å²) in [5.41, 5.74) is 0.623. The number of sulfonamides is 1. The van der Waals surface area contributed by atoms with Crippen molar-refractivity contribution in [2.45, 2.75) is 50.2 Å². The van der Waals surface area contributed by atoms with Crippen LogP contribution in [-0.2, 0) is 16.6 Å². The van der Waals surface area contributed by atoms with Crippen molar-refractivity contribution in [3.63, 3.8) is 0 Å². The molecule has 21 heavy (non-hydrogen) atoms. The first-order valence-corrected chi connectivity index (χ1v) is 9.13. The minimum Gasteiger partial charge on any atom is -0.310 e. The van der Waals surface area contributed by atoms with E-state index >= 15 is 0 Å². The normalized spacial score (nSPS) is 16.0. The lowest BCUT2D eigenvalue weighted by Gasteiger charge is -2.19. The molecule has 2 rings (SSSR count). The lowest BCUT2D eigenvalue weighted by atomic mass is 10.2. The fraction of sp³-hybridized carbons (Fsp3) is 0.571. The highest BCUT2D eigenvalue weighted by atomic mass is 35.5. The Bertz CT molecular complexity index is 628. The van der Waals surface area contributed by atoms with Gasteiger partial charge in [0.1, 0.15) is 4.90 Å². The maximum absolute atomic E-state index is 12.6. The minimum absolute atomic E-state index is 0.0963. The van der Waals surface area contributed by atoms with Crippen LogP contribution in [-0.4, -0.2) is 31.9 Å². The third-order valence-electron chi connectivity index (χ3n) is 3.56. The lowest BCUT2D eigenvalue weighted by Crippen LogP contribution is -2.29. The van der Waals surface area contributed by atoms with Crippen LogP contribution in [0.4, 0.5) is 0 Å². The number of halogens is 2. The van der Waals surface area contributed by atoms with Gasteiger partial charge < -0.3 is 5.32 Å². The number of hydrogen-bond donors (Lipinski definition) is 1. The predicted molar refractivity (Wildman–Crippen MR) is 86.4 cm³/mol. The average molecular weight is 351 g/mol. The van der Waals surface area contributed by atoms with E-state index < -0.39 is 10.0 Å². The zero-order valence-corrected chi connectivity index (χ0v) is 14.7. The van der Waals surface area contributed by atoms with Gasteiger partial charge in [-0.05, 0) is 25.0 Å². The van der Waals surface area contributed by atoms with Gasteiger partial charge in [-0.2, -0.15) is 4.31 Å². The Kier molecular flexibility index (Phi) is 5.21. The third-order valence-corrected chi connectivity index (χ3v) is 6.41. The Hall–Kier alpha value is -0.330. The zero-order chi connectivity index (χ0) is 15.8. The molecule has 1 aromatic rings. The second kappa shape index (κ2) is 6.42. The van der Waals surface area contributed by atoms with Crippen LogP contribution in [0.3, 0.4) is 0 Å². The highest BCUT2D eigenvalue weighted by Gasteiger charge is 2.36. The molecule has 0 aliphatic heterocycles. The van der Waals surface area contributed by atoms with Crippen molar-refractivity contribution in [1.82, 2.24) is 9.62 Å². The van der Waals surface area contributed by atoms with E-state index in [0.29, 0.717) is 17.1 Å². The van der Waals surface area contributed by atoms with Gasteiger partial charge in [0.05, 0.1) is 5.02 Å². The minimum atomic E-state index is -3.57. The number of nitrogens with one attached hydrogen (secondary N) is 1. The third kappa shape index (κ3) is 3.71. The SMILES string of the molecule is CC(C)NCc1c(Cl)ccc(S(=O)(=O)N(C)C2CC2)c1Cl. The summed E-state index contributed by atoms with van der Waals surface area (Å²) >= 11 is 12.5. The van der Waals surface area contributed by atoms with Crippen molar-refractivity contribution in [1.29, 1.82) is 0 Å². The molecule has 0 bridgehead atoms. The van der Waals surface area contributed by atoms with Gasteiger partial charge in [0.15, 0.2) is 0 Å². The molecule has 1 aromatic carbocycles. The van der Waals surface area contributed by atoms with E-state index in [1.54, 1.807) is 13.1 Å². The van der Waals surface area contributed by atoms with Crippen LogP contribution < -0.4 is 5.32 Å². The summed E-state index contributed by atoms with van der Waals surface area (Å²) in [6, 6.07) is 3.43. The van der Waals surface area contributed by atoms with Crippen LogP contribution in [0.15, 0.2) is 17.0 Å². The van der Waals surface area contributed by atoms with Crippen LogP contribution >= 0.6 is 23.2 Å². The van der Waals surface area contributed by atoms with Gasteiger partial charge in [0.25, 0.3) is 0 Å². The molecule has 7 heteroatoms. The molecule has 1 saturated carbocycles. The van der Waals surface area contributed by atoms with Crippen LogP contribution in [0, 0.1) is 0 Å². The molecular formula is C14H20Cl2N2O2S. The van der Waals surface area contributed by atoms with E-state index in [1.165, 1.54) is 10.4 Å². The van der Waals surface area contributed by atoms with Gasteiger partial charge in [-0.3, -0.25) is 0 Å². The second-order valence-electron chi connectivity index (χ2n) is 5.63. The van der Waals surface area contributed by atoms with Crippen molar-refractivity contribution in [3.8, 4) is 0 Å². The fourth-order valence-corrected chi connectivity index (χ4v) is 4.33. The molecule has 118 valence electrons. The van der Waals surface area contributed by atoms with Gasteiger partial charge >= 0.3 is 0 Å². The number of nitrogens with zero attached hydrogens (tertiary/aromatic N) is 1. The van der Waals surface area contributed by atoms with Gasteiger partial charge in [0.2, 0.25) is 10.0 Å². The number of benzene rings is 1. The zero-order valence-electron chi connectivity index (χ0n) is 12.4. The first-order valence-electron chi connectivity index (χ1n) is 6.93. The van der Waals surface area contributed by atoms with Gasteiger partial charge in [-0.1, -0.05) is 37.0 Å². The molecule has 0 saturated heterocycles. The first kappa shape index (κ1) is 17.0. The summed E-state index contributed by atoms with van der Waals surface area (Å²) in [6.07, 6.45) is 1.81. The molecule has 0 radical (unpaired) electrons. The van der Waals surface area contributed by atoms with Crippen molar-refractivity contribution in [3.05, 3.63) is 27.7 Å². The summed E-state index contributed by atoms with van der Waals surface area (Å²) in [7, 11) is -1.97. The number of hydrogen-bond acceptors (Lipinski definition) is 3. The maximum atomic E-state index is 12.6. The van der Waals surface area contributed by atoms with E-state index in [-0.39, 0.29) is 22.0 Å². The molecule has 0 atom stereocenters. The molecule has 1 N–H and O–H groups in total. The molecule has 0 amide bonds. The molecule has 0 heterocycles. The Morgan fingerprint density at radius 1 is 1.33 bits per heavy atom. The smallest absolute Gasteiger partial charge is 0.244 e. The Morgan fingerprint density at radius 3 is 2.48 bits per heavy atom. The van der Waals surface area contributed by atoms with Gasteiger partial charge in [-0.25, -0.2) is 8.42 Å². The van der Waals surface area contributed by atoms with E-state index in [4.69, 9.17) is 23.2 Å². The maximum Gasteiger partial charge on any atom is 0.244 e. The second-order valence-corrected chi connectivity index (χ2v) is 8.38. The molecule has 0 spiro atoms. The highest BCUT2D eigenvalue weighted by Crippen LogP contribution is 2.36. The van der Waals surface area contributed by atoms with Crippen LogP contribution in [0.25, 0.3) is 0 Å². The van der Waals surface area contributed by atoms with Gasteiger partial charge in [-0.15, -0.1) is 0 Å². The molecule has 1 aliphatic carbocycles. The van der Waals surface area contributed by atoms with Crippen molar-refractivity contribution < 1.29 is 8.42 Å². The highest BCUT2D eigenvalue weighted by molar-refractivity contribution is 7.89. The average Bonchev–Trinajstić information content (AvgIpc) is 3.21. The fourth-order valence-electron chi connectivity index (χ4n) is 2.03. The van der Waals surface area contributed by atoms with Crippen molar-refractivity contribution in [2.24, 2.45) is 0 Å². The topological polar surface area (TPSA) is 49.4 Å². The summed E-state index contributed by atoms with van der Waals surface area (Å²) < 4.78 is 26.6. The van der Waals surface area contributed by atoms with Crippen molar-refractivity contribution >= 4 is 33.2 Å². The summed E-state index contributed by atoms with van der Waals surface area (Å²) in [6.45, 7) is 4.44. The summed E-state index contributed by atoms with van der Waals surface area (Å²) in [4.78, 5) is 0.128. The van der Waals surface area contributed by atoms with Crippen molar-refractivity contribution in [2.75, 3.05) is 7.05 Å². The molecule has 1 fully saturated rings. The first-order chi connectivity index (χ1) is 9.75. The van der Waals surface area contributed by atoms with E-state index in [0.717, 1.165) is 12.8 Å². The largest absolute Gasteiger partial charge is 0.310 e. The van der Waals surface area contributed by atoms with E-state index in [2.05, 4.69) is 5.32 Å². The molecule has 4 nitrogen and oxygen atoms in total. The quantitative estimate of drug-likeness (QED) is 0.856. The Balaban J connectivity index is 2.38.